The van der Waals surface area contributed by atoms with E-state index in [9.17, 15) is 18.4 Å². The van der Waals surface area contributed by atoms with Gasteiger partial charge in [0.15, 0.2) is 6.10 Å². The van der Waals surface area contributed by atoms with Gasteiger partial charge in [0.1, 0.15) is 5.75 Å². The van der Waals surface area contributed by atoms with Crippen LogP contribution in [0, 0.1) is 0 Å². The minimum absolute atomic E-state index is 0.0352. The lowest BCUT2D eigenvalue weighted by Crippen LogP contribution is -2.30. The van der Waals surface area contributed by atoms with Crippen LogP contribution in [0.25, 0.3) is 0 Å². The van der Waals surface area contributed by atoms with Crippen molar-refractivity contribution < 1.29 is 33.0 Å². The molecule has 6 nitrogen and oxygen atoms in total. The van der Waals surface area contributed by atoms with Gasteiger partial charge in [0.25, 0.3) is 5.91 Å². The molecular formula is C18H17F2NO5. The van der Waals surface area contributed by atoms with Crippen molar-refractivity contribution in [3.63, 3.8) is 0 Å². The maximum absolute atomic E-state index is 12.4. The fourth-order valence-electron chi connectivity index (χ4n) is 2.03. The molecule has 0 aliphatic heterocycles. The van der Waals surface area contributed by atoms with Crippen LogP contribution in [0.3, 0.4) is 0 Å². The molecule has 0 fully saturated rings. The number of benzene rings is 2. The topological polar surface area (TPSA) is 84.9 Å². The van der Waals surface area contributed by atoms with E-state index >= 15 is 0 Å². The zero-order chi connectivity index (χ0) is 19.1. The summed E-state index contributed by atoms with van der Waals surface area (Å²) in [6, 6.07) is 11.7. The molecule has 0 bridgehead atoms. The number of para-hydroxylation sites is 2. The lowest BCUT2D eigenvalue weighted by molar-refractivity contribution is -0.123. The fraction of sp³-hybridized carbons (Fsp3) is 0.222. The van der Waals surface area contributed by atoms with Gasteiger partial charge in [-0.2, -0.15) is 8.78 Å². The standard InChI is InChI=1S/C18H17F2NO5/c1-11(25-17(24)13-8-6-12(10-22)7-9-13)16(23)21-14-4-2-3-5-15(14)26-18(19)20/h2-9,11,18,22H,10H2,1H3,(H,21,23)/t11-/m0/s1. The molecule has 0 saturated carbocycles. The molecule has 0 saturated heterocycles. The highest BCUT2D eigenvalue weighted by Gasteiger charge is 2.20. The van der Waals surface area contributed by atoms with Gasteiger partial charge in [-0.05, 0) is 36.8 Å². The third-order valence-corrected chi connectivity index (χ3v) is 3.39. The number of aliphatic hydroxyl groups excluding tert-OH is 1. The number of esters is 1. The highest BCUT2D eigenvalue weighted by molar-refractivity contribution is 5.98. The zero-order valence-corrected chi connectivity index (χ0v) is 13.8. The summed E-state index contributed by atoms with van der Waals surface area (Å²) in [4.78, 5) is 24.2. The minimum atomic E-state index is -3.04. The van der Waals surface area contributed by atoms with Crippen molar-refractivity contribution in [3.05, 3.63) is 59.7 Å². The summed E-state index contributed by atoms with van der Waals surface area (Å²) in [7, 11) is 0. The first-order chi connectivity index (χ1) is 12.4. The van der Waals surface area contributed by atoms with Gasteiger partial charge in [-0.25, -0.2) is 4.79 Å². The van der Waals surface area contributed by atoms with E-state index in [1.165, 1.54) is 43.3 Å². The third-order valence-electron chi connectivity index (χ3n) is 3.39. The fourth-order valence-corrected chi connectivity index (χ4v) is 2.03. The molecule has 0 spiro atoms. The SMILES string of the molecule is C[C@H](OC(=O)c1ccc(CO)cc1)C(=O)Nc1ccccc1OC(F)F. The van der Waals surface area contributed by atoms with E-state index in [1.807, 2.05) is 0 Å². The average Bonchev–Trinajstić information content (AvgIpc) is 2.62. The molecule has 0 heterocycles. The van der Waals surface area contributed by atoms with Crippen molar-refractivity contribution in [1.29, 1.82) is 0 Å². The Kier molecular flexibility index (Phi) is 6.62. The lowest BCUT2D eigenvalue weighted by atomic mass is 10.1. The van der Waals surface area contributed by atoms with Crippen molar-refractivity contribution >= 4 is 17.6 Å². The zero-order valence-electron chi connectivity index (χ0n) is 13.8. The number of ether oxygens (including phenoxy) is 2. The van der Waals surface area contributed by atoms with Gasteiger partial charge in [-0.1, -0.05) is 24.3 Å². The number of alkyl halides is 2. The number of nitrogens with one attached hydrogen (secondary N) is 1. The molecule has 138 valence electrons. The van der Waals surface area contributed by atoms with Gasteiger partial charge < -0.3 is 19.9 Å². The number of hydrogen-bond acceptors (Lipinski definition) is 5. The first kappa shape index (κ1) is 19.3. The van der Waals surface area contributed by atoms with Crippen molar-refractivity contribution in [1.82, 2.24) is 0 Å². The Morgan fingerprint density at radius 2 is 1.77 bits per heavy atom. The number of anilines is 1. The number of carbonyl (C=O) groups excluding carboxylic acids is 2. The van der Waals surface area contributed by atoms with Crippen LogP contribution in [0.2, 0.25) is 0 Å². The van der Waals surface area contributed by atoms with Crippen molar-refractivity contribution in [2.24, 2.45) is 0 Å². The van der Waals surface area contributed by atoms with Gasteiger partial charge >= 0.3 is 12.6 Å². The summed E-state index contributed by atoms with van der Waals surface area (Å²) in [6.07, 6.45) is -1.17. The molecular weight excluding hydrogens is 348 g/mol. The van der Waals surface area contributed by atoms with Crippen LogP contribution in [-0.4, -0.2) is 29.7 Å². The van der Waals surface area contributed by atoms with Crippen molar-refractivity contribution in [3.8, 4) is 5.75 Å². The molecule has 2 N–H and O–H groups in total. The van der Waals surface area contributed by atoms with Crippen LogP contribution in [-0.2, 0) is 16.1 Å². The monoisotopic (exact) mass is 365 g/mol. The summed E-state index contributed by atoms with van der Waals surface area (Å²) in [5, 5.41) is 11.4. The summed E-state index contributed by atoms with van der Waals surface area (Å²) < 4.78 is 34.2. The summed E-state index contributed by atoms with van der Waals surface area (Å²) >= 11 is 0. The Labute approximate surface area is 148 Å². The summed E-state index contributed by atoms with van der Waals surface area (Å²) in [6.45, 7) is -1.84. The molecule has 0 aromatic heterocycles. The van der Waals surface area contributed by atoms with Gasteiger partial charge in [-0.15, -0.1) is 0 Å². The minimum Gasteiger partial charge on any atom is -0.449 e. The second-order valence-corrected chi connectivity index (χ2v) is 5.27. The highest BCUT2D eigenvalue weighted by atomic mass is 19.3. The van der Waals surface area contributed by atoms with Crippen LogP contribution in [0.1, 0.15) is 22.8 Å². The van der Waals surface area contributed by atoms with Gasteiger partial charge in [0.05, 0.1) is 17.9 Å². The average molecular weight is 365 g/mol. The first-order valence-corrected chi connectivity index (χ1v) is 7.66. The molecule has 26 heavy (non-hydrogen) atoms. The normalized spacial score (nSPS) is 11.7. The van der Waals surface area contributed by atoms with E-state index in [0.717, 1.165) is 0 Å². The van der Waals surface area contributed by atoms with E-state index in [1.54, 1.807) is 12.1 Å². The maximum Gasteiger partial charge on any atom is 0.387 e. The van der Waals surface area contributed by atoms with Crippen molar-refractivity contribution in [2.75, 3.05) is 5.32 Å². The van der Waals surface area contributed by atoms with E-state index < -0.39 is 24.6 Å². The molecule has 2 aromatic carbocycles. The predicted octanol–water partition coefficient (Wildman–Crippen LogP) is 2.96. The number of amides is 1. The lowest BCUT2D eigenvalue weighted by Gasteiger charge is -2.15. The molecule has 0 unspecified atom stereocenters. The molecule has 0 radical (unpaired) electrons. The molecule has 1 atom stereocenters. The largest absolute Gasteiger partial charge is 0.449 e. The molecule has 2 rings (SSSR count). The number of carbonyl (C=O) groups is 2. The Balaban J connectivity index is 2.00. The highest BCUT2D eigenvalue weighted by Crippen LogP contribution is 2.25. The number of rotatable bonds is 7. The Hall–Kier alpha value is -3.00. The second-order valence-electron chi connectivity index (χ2n) is 5.27. The predicted molar refractivity (Wildman–Crippen MR) is 88.9 cm³/mol. The molecule has 1 amide bonds. The smallest absolute Gasteiger partial charge is 0.387 e. The van der Waals surface area contributed by atoms with E-state index in [-0.39, 0.29) is 23.6 Å². The van der Waals surface area contributed by atoms with Crippen LogP contribution < -0.4 is 10.1 Å². The first-order valence-electron chi connectivity index (χ1n) is 7.66. The quantitative estimate of drug-likeness (QED) is 0.737. The van der Waals surface area contributed by atoms with Gasteiger partial charge in [0, 0.05) is 0 Å². The van der Waals surface area contributed by atoms with E-state index in [4.69, 9.17) is 9.84 Å². The molecule has 2 aromatic rings. The Bertz CT molecular complexity index is 764. The third kappa shape index (κ3) is 5.25. The van der Waals surface area contributed by atoms with E-state index in [2.05, 4.69) is 10.1 Å². The van der Waals surface area contributed by atoms with E-state index in [0.29, 0.717) is 5.56 Å². The van der Waals surface area contributed by atoms with Crippen LogP contribution in [0.5, 0.6) is 5.75 Å². The van der Waals surface area contributed by atoms with Gasteiger partial charge in [0.2, 0.25) is 0 Å². The Morgan fingerprint density at radius 1 is 1.12 bits per heavy atom. The van der Waals surface area contributed by atoms with Gasteiger partial charge in [-0.3, -0.25) is 4.79 Å². The van der Waals surface area contributed by atoms with Crippen LogP contribution >= 0.6 is 0 Å². The summed E-state index contributed by atoms with van der Waals surface area (Å²) in [5.41, 5.74) is 0.874. The maximum atomic E-state index is 12.4. The second kappa shape index (κ2) is 8.91. The number of hydrogen-bond donors (Lipinski definition) is 2. The number of halogens is 2. The van der Waals surface area contributed by atoms with Crippen molar-refractivity contribution in [2.45, 2.75) is 26.2 Å². The molecule has 0 aliphatic rings. The Morgan fingerprint density at radius 3 is 2.38 bits per heavy atom. The molecule has 0 aliphatic carbocycles. The summed E-state index contributed by atoms with van der Waals surface area (Å²) in [5.74, 6) is -1.63. The molecule has 8 heteroatoms. The number of aliphatic hydroxyl groups is 1. The van der Waals surface area contributed by atoms with Crippen LogP contribution in [0.4, 0.5) is 14.5 Å². The van der Waals surface area contributed by atoms with Crippen LogP contribution in [0.15, 0.2) is 48.5 Å².